The van der Waals surface area contributed by atoms with Crippen LogP contribution in [0.25, 0.3) is 0 Å². The summed E-state index contributed by atoms with van der Waals surface area (Å²) in [5.41, 5.74) is 1.89. The summed E-state index contributed by atoms with van der Waals surface area (Å²) in [6.45, 7) is 1.21. The summed E-state index contributed by atoms with van der Waals surface area (Å²) in [6.07, 6.45) is 2.97. The van der Waals surface area contributed by atoms with Crippen molar-refractivity contribution in [3.8, 4) is 0 Å². The molecule has 0 spiro atoms. The highest BCUT2D eigenvalue weighted by Crippen LogP contribution is 2.24. The van der Waals surface area contributed by atoms with Gasteiger partial charge in [-0.2, -0.15) is 17.4 Å². The molecule has 23 heavy (non-hydrogen) atoms. The van der Waals surface area contributed by atoms with Gasteiger partial charge in [-0.1, -0.05) is 67.1 Å². The lowest BCUT2D eigenvalue weighted by Gasteiger charge is -2.29. The van der Waals surface area contributed by atoms with Crippen LogP contribution in [-0.2, 0) is 10.2 Å². The van der Waals surface area contributed by atoms with Crippen LogP contribution in [0.4, 0.5) is 0 Å². The van der Waals surface area contributed by atoms with E-state index in [2.05, 4.69) is 4.72 Å². The lowest BCUT2D eigenvalue weighted by molar-refractivity contribution is 0.340. The molecule has 0 atom stereocenters. The molecule has 1 aliphatic rings. The Morgan fingerprint density at radius 3 is 1.74 bits per heavy atom. The molecule has 0 amide bonds. The average Bonchev–Trinajstić information content (AvgIpc) is 2.62. The lowest BCUT2D eigenvalue weighted by atomic mass is 10.00. The minimum Gasteiger partial charge on any atom is -0.195 e. The van der Waals surface area contributed by atoms with Gasteiger partial charge in [-0.25, -0.2) is 0 Å². The Balaban J connectivity index is 1.90. The fourth-order valence-corrected chi connectivity index (χ4v) is 4.41. The van der Waals surface area contributed by atoms with Crippen molar-refractivity contribution < 1.29 is 8.42 Å². The summed E-state index contributed by atoms with van der Waals surface area (Å²) in [7, 11) is -3.50. The smallest absolute Gasteiger partial charge is 0.195 e. The third-order valence-electron chi connectivity index (χ3n) is 4.19. The van der Waals surface area contributed by atoms with Gasteiger partial charge in [-0.15, -0.1) is 0 Å². The van der Waals surface area contributed by atoms with Crippen LogP contribution in [0.1, 0.15) is 36.4 Å². The standard InChI is InChI=1S/C18H22N2O2S/c21-23(22,20-14-8-3-9-15-20)19-18(16-10-4-1-5-11-16)17-12-6-2-7-13-17/h1-2,4-7,10-13,18-19H,3,8-9,14-15H2. The van der Waals surface area contributed by atoms with E-state index in [9.17, 15) is 8.42 Å². The van der Waals surface area contributed by atoms with Gasteiger partial charge in [0.2, 0.25) is 0 Å². The molecule has 1 saturated heterocycles. The summed E-state index contributed by atoms with van der Waals surface area (Å²) >= 11 is 0. The van der Waals surface area contributed by atoms with Crippen molar-refractivity contribution in [3.63, 3.8) is 0 Å². The summed E-state index contributed by atoms with van der Waals surface area (Å²) in [5, 5.41) is 0. The van der Waals surface area contributed by atoms with E-state index in [-0.39, 0.29) is 6.04 Å². The van der Waals surface area contributed by atoms with E-state index in [0.29, 0.717) is 13.1 Å². The fraction of sp³-hybridized carbons (Fsp3) is 0.333. The second kappa shape index (κ2) is 7.25. The zero-order valence-corrected chi connectivity index (χ0v) is 13.9. The van der Waals surface area contributed by atoms with Crippen LogP contribution in [0.3, 0.4) is 0 Å². The molecular weight excluding hydrogens is 308 g/mol. The summed E-state index contributed by atoms with van der Waals surface area (Å²) < 4.78 is 30.0. The molecule has 0 radical (unpaired) electrons. The Hall–Kier alpha value is -1.69. The number of nitrogens with one attached hydrogen (secondary N) is 1. The third-order valence-corrected chi connectivity index (χ3v) is 5.77. The highest BCUT2D eigenvalue weighted by atomic mass is 32.2. The van der Waals surface area contributed by atoms with Crippen molar-refractivity contribution in [2.45, 2.75) is 25.3 Å². The molecule has 1 fully saturated rings. The highest BCUT2D eigenvalue weighted by molar-refractivity contribution is 7.87. The largest absolute Gasteiger partial charge is 0.280 e. The molecule has 0 saturated carbocycles. The van der Waals surface area contributed by atoms with E-state index < -0.39 is 10.2 Å². The van der Waals surface area contributed by atoms with Crippen LogP contribution in [0, 0.1) is 0 Å². The number of hydrogen-bond acceptors (Lipinski definition) is 2. The van der Waals surface area contributed by atoms with Crippen LogP contribution in [0.15, 0.2) is 60.7 Å². The van der Waals surface area contributed by atoms with Crippen LogP contribution in [0.5, 0.6) is 0 Å². The van der Waals surface area contributed by atoms with Crippen molar-refractivity contribution in [1.82, 2.24) is 9.03 Å². The van der Waals surface area contributed by atoms with E-state index in [4.69, 9.17) is 0 Å². The number of piperidine rings is 1. The normalized spacial score (nSPS) is 16.6. The minimum atomic E-state index is -3.50. The first-order valence-electron chi connectivity index (χ1n) is 8.04. The second-order valence-corrected chi connectivity index (χ2v) is 7.54. The van der Waals surface area contributed by atoms with E-state index in [1.807, 2.05) is 60.7 Å². The topological polar surface area (TPSA) is 49.4 Å². The summed E-state index contributed by atoms with van der Waals surface area (Å²) in [4.78, 5) is 0. The third kappa shape index (κ3) is 3.99. The summed E-state index contributed by atoms with van der Waals surface area (Å²) in [6, 6.07) is 19.0. The van der Waals surface area contributed by atoms with Gasteiger partial charge in [0.25, 0.3) is 10.2 Å². The maximum Gasteiger partial charge on any atom is 0.280 e. The molecule has 2 aromatic carbocycles. The van der Waals surface area contributed by atoms with Crippen LogP contribution in [-0.4, -0.2) is 25.8 Å². The van der Waals surface area contributed by atoms with E-state index in [1.165, 1.54) is 0 Å². The minimum absolute atomic E-state index is 0.371. The first-order chi connectivity index (χ1) is 11.2. The van der Waals surface area contributed by atoms with Crippen molar-refractivity contribution in [2.24, 2.45) is 0 Å². The van der Waals surface area contributed by atoms with Gasteiger partial charge in [0.15, 0.2) is 0 Å². The average molecular weight is 330 g/mol. The van der Waals surface area contributed by atoms with Gasteiger partial charge in [-0.05, 0) is 24.0 Å². The van der Waals surface area contributed by atoms with Gasteiger partial charge in [0.1, 0.15) is 0 Å². The van der Waals surface area contributed by atoms with Crippen molar-refractivity contribution in [2.75, 3.05) is 13.1 Å². The lowest BCUT2D eigenvalue weighted by Crippen LogP contribution is -2.44. The predicted octanol–water partition coefficient (Wildman–Crippen LogP) is 3.10. The molecular formula is C18H22N2O2S. The van der Waals surface area contributed by atoms with Crippen LogP contribution >= 0.6 is 0 Å². The summed E-state index contributed by atoms with van der Waals surface area (Å²) in [5.74, 6) is 0. The van der Waals surface area contributed by atoms with Crippen molar-refractivity contribution in [3.05, 3.63) is 71.8 Å². The van der Waals surface area contributed by atoms with Crippen LogP contribution in [0.2, 0.25) is 0 Å². The molecule has 0 aliphatic carbocycles. The van der Waals surface area contributed by atoms with Gasteiger partial charge < -0.3 is 0 Å². The first kappa shape index (κ1) is 16.2. The molecule has 122 valence electrons. The first-order valence-corrected chi connectivity index (χ1v) is 9.48. The molecule has 0 bridgehead atoms. The molecule has 2 aromatic rings. The zero-order valence-electron chi connectivity index (χ0n) is 13.1. The van der Waals surface area contributed by atoms with Crippen molar-refractivity contribution >= 4 is 10.2 Å². The maximum absolute atomic E-state index is 12.8. The Morgan fingerprint density at radius 2 is 1.26 bits per heavy atom. The molecule has 1 N–H and O–H groups in total. The second-order valence-electron chi connectivity index (χ2n) is 5.84. The molecule has 0 unspecified atom stereocenters. The van der Waals surface area contributed by atoms with E-state index in [1.54, 1.807) is 4.31 Å². The number of rotatable bonds is 5. The Kier molecular flexibility index (Phi) is 5.10. The fourth-order valence-electron chi connectivity index (χ4n) is 2.95. The Bertz CT molecular complexity index is 672. The maximum atomic E-state index is 12.8. The molecule has 1 aliphatic heterocycles. The van der Waals surface area contributed by atoms with Gasteiger partial charge >= 0.3 is 0 Å². The van der Waals surface area contributed by atoms with E-state index >= 15 is 0 Å². The monoisotopic (exact) mass is 330 g/mol. The molecule has 1 heterocycles. The van der Waals surface area contributed by atoms with E-state index in [0.717, 1.165) is 30.4 Å². The number of benzene rings is 2. The van der Waals surface area contributed by atoms with Gasteiger partial charge in [-0.3, -0.25) is 0 Å². The SMILES string of the molecule is O=S(=O)(NC(c1ccccc1)c1ccccc1)N1CCCCC1. The highest BCUT2D eigenvalue weighted by Gasteiger charge is 2.28. The van der Waals surface area contributed by atoms with Crippen molar-refractivity contribution in [1.29, 1.82) is 0 Å². The molecule has 4 nitrogen and oxygen atoms in total. The molecule has 5 heteroatoms. The Morgan fingerprint density at radius 1 is 0.783 bits per heavy atom. The number of nitrogens with zero attached hydrogens (tertiary/aromatic N) is 1. The van der Waals surface area contributed by atoms with Gasteiger partial charge in [0.05, 0.1) is 6.04 Å². The van der Waals surface area contributed by atoms with Crippen LogP contribution < -0.4 is 4.72 Å². The van der Waals surface area contributed by atoms with Gasteiger partial charge in [0, 0.05) is 13.1 Å². The zero-order chi connectivity index (χ0) is 16.1. The molecule has 0 aromatic heterocycles. The Labute approximate surface area is 138 Å². The quantitative estimate of drug-likeness (QED) is 0.916. The molecule has 3 rings (SSSR count). The predicted molar refractivity (Wildman–Crippen MR) is 92.2 cm³/mol. The number of hydrogen-bond donors (Lipinski definition) is 1.